The van der Waals surface area contributed by atoms with E-state index in [9.17, 15) is 4.79 Å². The van der Waals surface area contributed by atoms with E-state index in [4.69, 9.17) is 19.0 Å². The van der Waals surface area contributed by atoms with Crippen molar-refractivity contribution in [3.8, 4) is 0 Å². The molecule has 0 spiro atoms. The summed E-state index contributed by atoms with van der Waals surface area (Å²) in [4.78, 5) is 23.9. The van der Waals surface area contributed by atoms with Gasteiger partial charge < -0.3 is 19.0 Å². The molecule has 4 rings (SSSR count). The van der Waals surface area contributed by atoms with Gasteiger partial charge in [-0.05, 0) is 18.1 Å². The Kier molecular flexibility index (Phi) is 6.70. The van der Waals surface area contributed by atoms with Gasteiger partial charge in [-0.1, -0.05) is 62.3 Å². The van der Waals surface area contributed by atoms with Crippen LogP contribution in [0.1, 0.15) is 67.7 Å². The highest BCUT2D eigenvalue weighted by Crippen LogP contribution is 2.59. The molecule has 12 heteroatoms. The first kappa shape index (κ1) is 27.8. The molecule has 36 heavy (non-hydrogen) atoms. The number of imidazole rings is 1. The minimum Gasteiger partial charge on any atom is -0.408 e. The second-order valence-corrected chi connectivity index (χ2v) is 24.6. The van der Waals surface area contributed by atoms with Gasteiger partial charge in [-0.15, -0.1) is 11.8 Å². The third-order valence-electron chi connectivity index (χ3n) is 7.97. The maximum Gasteiger partial charge on any atom is 0.349 e. The monoisotopic (exact) mass is 553 g/mol. The van der Waals surface area contributed by atoms with Crippen LogP contribution in [0.2, 0.25) is 28.2 Å². The minimum atomic E-state index is -2.71. The number of aromatic nitrogens is 4. The van der Waals surface area contributed by atoms with E-state index in [-0.39, 0.29) is 55.0 Å². The molecule has 4 atom stereocenters. The summed E-state index contributed by atoms with van der Waals surface area (Å²) >= 11 is 1.76. The number of thioether (sulfide) groups is 1. The molecule has 2 aromatic heterocycles. The minimum absolute atomic E-state index is 0.0187. The molecule has 3 N–H and O–H groups in total. The second kappa shape index (κ2) is 8.67. The third kappa shape index (κ3) is 4.41. The van der Waals surface area contributed by atoms with Gasteiger partial charge in [0.2, 0.25) is 5.95 Å². The maximum absolute atomic E-state index is 12.5. The summed E-state index contributed by atoms with van der Waals surface area (Å²) in [6.45, 7) is 25.3. The summed E-state index contributed by atoms with van der Waals surface area (Å²) in [5.41, 5.74) is 6.31. The molecular weight excluding hydrogens is 511 g/mol. The summed E-state index contributed by atoms with van der Waals surface area (Å²) in [6, 6.07) is 0. The molecule has 0 saturated carbocycles. The van der Waals surface area contributed by atoms with Crippen molar-refractivity contribution in [2.45, 2.75) is 113 Å². The molecule has 0 radical (unpaired) electrons. The Hall–Kier alpha value is -1.19. The first-order chi connectivity index (χ1) is 16.3. The molecule has 2 saturated heterocycles. The molecule has 0 amide bonds. The highest BCUT2D eigenvalue weighted by atomic mass is 32.2. The van der Waals surface area contributed by atoms with Crippen molar-refractivity contribution >= 4 is 45.8 Å². The zero-order valence-electron chi connectivity index (χ0n) is 23.6. The van der Waals surface area contributed by atoms with Crippen LogP contribution in [0.4, 0.5) is 5.95 Å². The van der Waals surface area contributed by atoms with Gasteiger partial charge >= 0.3 is 8.56 Å². The SMILES string of the molecule is CC(C)(C)[Si](C)(C)OC1[C@H](n2cnc3c(=O)[nH]c(N)nc32)S[C@@H]2CO[Si](C(C)(C)C)(C(C)(C)C)O[C@@H]12. The smallest absolute Gasteiger partial charge is 0.349 e. The summed E-state index contributed by atoms with van der Waals surface area (Å²) in [7, 11) is -4.91. The van der Waals surface area contributed by atoms with Crippen molar-refractivity contribution in [2.24, 2.45) is 0 Å². The molecular formula is C24H43N5O4SSi2. The zero-order chi connectivity index (χ0) is 27.1. The number of H-pyrrole nitrogens is 1. The van der Waals surface area contributed by atoms with E-state index in [2.05, 4.69) is 90.4 Å². The van der Waals surface area contributed by atoms with Crippen molar-refractivity contribution in [1.29, 1.82) is 0 Å². The molecule has 0 aromatic carbocycles. The van der Waals surface area contributed by atoms with Crippen molar-refractivity contribution in [2.75, 3.05) is 12.3 Å². The van der Waals surface area contributed by atoms with Crippen molar-refractivity contribution in [3.05, 3.63) is 16.7 Å². The standard InChI is InChI=1S/C24H43N5O4SSi2/c1-22(2,3)35(10,11)32-17-16-14(12-31-36(33-16,23(4,5)6)24(7,8)9)34-20(17)29-13-26-15-18(29)27-21(25)28-19(15)30/h13-14,16-17,20H,12H2,1-11H3,(H3,25,27,28,30)/t14-,16-,17?,20-/m1/s1. The van der Waals surface area contributed by atoms with Crippen LogP contribution in [0.5, 0.6) is 0 Å². The van der Waals surface area contributed by atoms with Crippen LogP contribution in [0.3, 0.4) is 0 Å². The lowest BCUT2D eigenvalue weighted by Crippen LogP contribution is -2.65. The Balaban J connectivity index is 1.84. The van der Waals surface area contributed by atoms with Crippen LogP contribution in [-0.4, -0.2) is 60.5 Å². The predicted molar refractivity (Wildman–Crippen MR) is 151 cm³/mol. The van der Waals surface area contributed by atoms with E-state index in [1.54, 1.807) is 18.1 Å². The predicted octanol–water partition coefficient (Wildman–Crippen LogP) is 5.16. The Morgan fingerprint density at radius 2 is 1.78 bits per heavy atom. The van der Waals surface area contributed by atoms with E-state index >= 15 is 0 Å². The van der Waals surface area contributed by atoms with Crippen LogP contribution in [0.15, 0.2) is 11.1 Å². The highest BCUT2D eigenvalue weighted by molar-refractivity contribution is 8.00. The number of fused-ring (bicyclic) bond motifs is 2. The molecule has 2 aliphatic heterocycles. The van der Waals surface area contributed by atoms with Gasteiger partial charge in [-0.3, -0.25) is 14.3 Å². The van der Waals surface area contributed by atoms with Gasteiger partial charge in [0.15, 0.2) is 19.5 Å². The number of nitrogens with zero attached hydrogens (tertiary/aromatic N) is 3. The lowest BCUT2D eigenvalue weighted by molar-refractivity contribution is -0.0326. The largest absolute Gasteiger partial charge is 0.408 e. The second-order valence-electron chi connectivity index (χ2n) is 13.7. The van der Waals surface area contributed by atoms with Gasteiger partial charge in [0.05, 0.1) is 24.3 Å². The average molecular weight is 554 g/mol. The van der Waals surface area contributed by atoms with Gasteiger partial charge in [-0.2, -0.15) is 4.98 Å². The molecule has 2 aromatic rings. The van der Waals surface area contributed by atoms with E-state index in [0.717, 1.165) is 0 Å². The molecule has 1 unspecified atom stereocenters. The van der Waals surface area contributed by atoms with Crippen molar-refractivity contribution in [1.82, 2.24) is 19.5 Å². The Morgan fingerprint density at radius 3 is 2.33 bits per heavy atom. The molecule has 202 valence electrons. The van der Waals surface area contributed by atoms with Crippen LogP contribution in [0.25, 0.3) is 11.2 Å². The maximum atomic E-state index is 12.5. The first-order valence-electron chi connectivity index (χ1n) is 12.7. The fraction of sp³-hybridized carbons (Fsp3) is 0.792. The molecule has 0 bridgehead atoms. The summed E-state index contributed by atoms with van der Waals surface area (Å²) in [6.07, 6.45) is 1.29. The van der Waals surface area contributed by atoms with E-state index in [0.29, 0.717) is 12.3 Å². The third-order valence-corrected chi connectivity index (χ3v) is 19.1. The van der Waals surface area contributed by atoms with Crippen LogP contribution < -0.4 is 11.3 Å². The van der Waals surface area contributed by atoms with Crippen molar-refractivity contribution < 1.29 is 13.3 Å². The van der Waals surface area contributed by atoms with E-state index < -0.39 is 16.9 Å². The number of nitrogen functional groups attached to an aromatic ring is 1. The number of hydrogen-bond donors (Lipinski definition) is 2. The molecule has 2 aliphatic rings. The van der Waals surface area contributed by atoms with E-state index in [1.807, 2.05) is 4.57 Å². The summed E-state index contributed by atoms with van der Waals surface area (Å²) in [5.74, 6) is 0.0722. The summed E-state index contributed by atoms with van der Waals surface area (Å²) in [5, 5.41) is -0.338. The quantitative estimate of drug-likeness (QED) is 0.500. The topological polar surface area (TPSA) is 117 Å². The molecule has 0 aliphatic carbocycles. The van der Waals surface area contributed by atoms with Gasteiger partial charge in [-0.25, -0.2) is 4.98 Å². The molecule has 4 heterocycles. The number of anilines is 1. The zero-order valence-corrected chi connectivity index (χ0v) is 26.4. The van der Waals surface area contributed by atoms with Gasteiger partial charge in [0, 0.05) is 10.1 Å². The summed E-state index contributed by atoms with van der Waals surface area (Å²) < 4.78 is 23.1. The number of nitrogens with one attached hydrogen (secondary N) is 1. The number of nitrogens with two attached hydrogens (primary N) is 1. The van der Waals surface area contributed by atoms with Gasteiger partial charge in [0.25, 0.3) is 5.56 Å². The van der Waals surface area contributed by atoms with Crippen LogP contribution in [0, 0.1) is 0 Å². The fourth-order valence-corrected chi connectivity index (χ4v) is 13.4. The first-order valence-corrected chi connectivity index (χ1v) is 18.3. The fourth-order valence-electron chi connectivity index (χ4n) is 5.32. The Bertz CT molecular complexity index is 1180. The number of rotatable bonds is 3. The van der Waals surface area contributed by atoms with Crippen LogP contribution >= 0.6 is 11.8 Å². The number of hydrogen-bond acceptors (Lipinski definition) is 8. The highest BCUT2D eigenvalue weighted by Gasteiger charge is 2.65. The van der Waals surface area contributed by atoms with Gasteiger partial charge in [0.1, 0.15) is 11.5 Å². The van der Waals surface area contributed by atoms with Crippen molar-refractivity contribution in [3.63, 3.8) is 0 Å². The Morgan fingerprint density at radius 1 is 1.17 bits per heavy atom. The lowest BCUT2D eigenvalue weighted by Gasteiger charge is -2.54. The van der Waals surface area contributed by atoms with Crippen LogP contribution in [-0.2, 0) is 13.3 Å². The van der Waals surface area contributed by atoms with E-state index in [1.165, 1.54) is 0 Å². The molecule has 9 nitrogen and oxygen atoms in total. The average Bonchev–Trinajstić information content (AvgIpc) is 3.26. The number of aromatic amines is 1. The lowest BCUT2D eigenvalue weighted by atomic mass is 10.1. The molecule has 2 fully saturated rings. The Labute approximate surface area is 220 Å². The normalized spacial score (nSPS) is 27.4.